The third kappa shape index (κ3) is 4.53. The molecule has 2 N–H and O–H groups in total. The fraction of sp³-hybridized carbons (Fsp3) is 0.174. The third-order valence-corrected chi connectivity index (χ3v) is 4.63. The van der Waals surface area contributed by atoms with Gasteiger partial charge < -0.3 is 15.0 Å². The Labute approximate surface area is 168 Å². The van der Waals surface area contributed by atoms with Crippen LogP contribution in [0.4, 0.5) is 5.69 Å². The molecule has 2 aromatic carbocycles. The lowest BCUT2D eigenvalue weighted by molar-refractivity contribution is -0.137. The lowest BCUT2D eigenvalue weighted by atomic mass is 10.0. The number of carboxylic acids is 1. The smallest absolute Gasteiger partial charge is 0.323 e. The van der Waals surface area contributed by atoms with Crippen molar-refractivity contribution in [2.45, 2.75) is 26.3 Å². The number of benzene rings is 2. The van der Waals surface area contributed by atoms with Crippen molar-refractivity contribution in [3.8, 4) is 6.07 Å². The van der Waals surface area contributed by atoms with Crippen LogP contribution in [-0.2, 0) is 16.1 Å². The van der Waals surface area contributed by atoms with E-state index in [4.69, 9.17) is 5.11 Å². The van der Waals surface area contributed by atoms with Gasteiger partial charge in [0.15, 0.2) is 0 Å². The van der Waals surface area contributed by atoms with Gasteiger partial charge in [0.2, 0.25) is 0 Å². The van der Waals surface area contributed by atoms with Crippen molar-refractivity contribution in [2.75, 3.05) is 5.32 Å². The Morgan fingerprint density at radius 2 is 1.86 bits per heavy atom. The van der Waals surface area contributed by atoms with E-state index < -0.39 is 11.9 Å². The van der Waals surface area contributed by atoms with Gasteiger partial charge in [0.05, 0.1) is 0 Å². The van der Waals surface area contributed by atoms with Gasteiger partial charge in [-0.2, -0.15) is 5.26 Å². The van der Waals surface area contributed by atoms with E-state index in [1.54, 1.807) is 29.0 Å². The van der Waals surface area contributed by atoms with Crippen molar-refractivity contribution in [2.24, 2.45) is 0 Å². The van der Waals surface area contributed by atoms with E-state index in [1.165, 1.54) is 6.08 Å². The Balaban J connectivity index is 1.90. The molecule has 0 unspecified atom stereocenters. The highest BCUT2D eigenvalue weighted by atomic mass is 16.4. The van der Waals surface area contributed by atoms with Gasteiger partial charge in [-0.15, -0.1) is 0 Å². The number of carboxylic acid groups (broad SMARTS) is 1. The number of nitrogens with zero attached hydrogens (tertiary/aromatic N) is 2. The van der Waals surface area contributed by atoms with Crippen LogP contribution in [0.5, 0.6) is 0 Å². The van der Waals surface area contributed by atoms with E-state index in [0.29, 0.717) is 17.2 Å². The molecule has 1 amide bonds. The molecule has 1 heterocycles. The second kappa shape index (κ2) is 8.44. The number of rotatable bonds is 6. The van der Waals surface area contributed by atoms with Crippen molar-refractivity contribution in [1.29, 1.82) is 5.26 Å². The molecule has 146 valence electrons. The minimum Gasteiger partial charge on any atom is -0.480 e. The molecule has 6 heteroatoms. The molecular weight excluding hydrogens is 366 g/mol. The quantitative estimate of drug-likeness (QED) is 0.484. The van der Waals surface area contributed by atoms with E-state index in [9.17, 15) is 14.9 Å². The standard InChI is InChI=1S/C23H21N3O3/c1-15(2)16-7-9-19(10-8-16)25-23(29)17(12-24)11-18-13-26(14-22(27)28)21-6-4-3-5-20(18)21/h3-11,13,15H,14H2,1-2H3,(H,25,29)(H,27,28)/b17-11+. The van der Waals surface area contributed by atoms with Crippen LogP contribution in [-0.4, -0.2) is 21.6 Å². The lowest BCUT2D eigenvalue weighted by Gasteiger charge is -2.08. The number of amides is 1. The lowest BCUT2D eigenvalue weighted by Crippen LogP contribution is -2.13. The fourth-order valence-electron chi connectivity index (χ4n) is 3.12. The SMILES string of the molecule is CC(C)c1ccc(NC(=O)/C(C#N)=C/c2cn(CC(=O)O)c3ccccc23)cc1. The van der Waals surface area contributed by atoms with Gasteiger partial charge in [0.25, 0.3) is 5.91 Å². The van der Waals surface area contributed by atoms with Crippen LogP contribution in [0.15, 0.2) is 60.3 Å². The summed E-state index contributed by atoms with van der Waals surface area (Å²) in [5.41, 5.74) is 3.04. The number of nitrogens with one attached hydrogen (secondary N) is 1. The average Bonchev–Trinajstić information content (AvgIpc) is 3.03. The maximum Gasteiger partial charge on any atom is 0.323 e. The average molecular weight is 387 g/mol. The summed E-state index contributed by atoms with van der Waals surface area (Å²) in [5, 5.41) is 22.1. The van der Waals surface area contributed by atoms with Crippen LogP contribution < -0.4 is 5.32 Å². The normalized spacial score (nSPS) is 11.4. The first kappa shape index (κ1) is 19.9. The topological polar surface area (TPSA) is 95.1 Å². The van der Waals surface area contributed by atoms with Gasteiger partial charge >= 0.3 is 5.97 Å². The number of hydrogen-bond donors (Lipinski definition) is 2. The molecule has 0 bridgehead atoms. The summed E-state index contributed by atoms with van der Waals surface area (Å²) in [6.07, 6.45) is 3.12. The molecule has 0 saturated heterocycles. The van der Waals surface area contributed by atoms with Gasteiger partial charge in [0.1, 0.15) is 18.2 Å². The summed E-state index contributed by atoms with van der Waals surface area (Å²) >= 11 is 0. The summed E-state index contributed by atoms with van der Waals surface area (Å²) in [5.74, 6) is -1.10. The van der Waals surface area contributed by atoms with Crippen LogP contribution in [0.2, 0.25) is 0 Å². The number of carbonyl (C=O) groups excluding carboxylic acids is 1. The molecule has 6 nitrogen and oxygen atoms in total. The maximum absolute atomic E-state index is 12.6. The van der Waals surface area contributed by atoms with Crippen molar-refractivity contribution < 1.29 is 14.7 Å². The molecule has 0 aliphatic carbocycles. The number of para-hydroxylation sites is 1. The highest BCUT2D eigenvalue weighted by Gasteiger charge is 2.14. The Hall–Kier alpha value is -3.85. The molecule has 0 atom stereocenters. The Morgan fingerprint density at radius 3 is 2.48 bits per heavy atom. The Morgan fingerprint density at radius 1 is 1.17 bits per heavy atom. The molecule has 0 aliphatic rings. The highest BCUT2D eigenvalue weighted by Crippen LogP contribution is 2.24. The Kier molecular flexibility index (Phi) is 5.79. The van der Waals surface area contributed by atoms with E-state index in [2.05, 4.69) is 19.2 Å². The summed E-state index contributed by atoms with van der Waals surface area (Å²) in [6.45, 7) is 3.97. The summed E-state index contributed by atoms with van der Waals surface area (Å²) in [7, 11) is 0. The first-order valence-electron chi connectivity index (χ1n) is 9.22. The molecule has 0 fully saturated rings. The molecule has 0 spiro atoms. The van der Waals surface area contributed by atoms with Crippen LogP contribution in [0, 0.1) is 11.3 Å². The van der Waals surface area contributed by atoms with E-state index in [-0.39, 0.29) is 12.1 Å². The molecular formula is C23H21N3O3. The summed E-state index contributed by atoms with van der Waals surface area (Å²) < 4.78 is 1.58. The van der Waals surface area contributed by atoms with Crippen LogP contribution in [0.25, 0.3) is 17.0 Å². The fourth-order valence-corrected chi connectivity index (χ4v) is 3.12. The molecule has 0 aliphatic heterocycles. The number of aromatic nitrogens is 1. The zero-order chi connectivity index (χ0) is 21.0. The van der Waals surface area contributed by atoms with E-state index >= 15 is 0 Å². The molecule has 3 aromatic rings. The minimum atomic E-state index is -0.968. The molecule has 29 heavy (non-hydrogen) atoms. The Bertz CT molecular complexity index is 1130. The maximum atomic E-state index is 12.6. The van der Waals surface area contributed by atoms with Crippen molar-refractivity contribution in [1.82, 2.24) is 4.57 Å². The molecule has 3 rings (SSSR count). The summed E-state index contributed by atoms with van der Waals surface area (Å²) in [6, 6.07) is 16.7. The first-order chi connectivity index (χ1) is 13.9. The molecule has 0 saturated carbocycles. The zero-order valence-electron chi connectivity index (χ0n) is 16.2. The van der Waals surface area contributed by atoms with Crippen molar-refractivity contribution >= 4 is 34.5 Å². The second-order valence-corrected chi connectivity index (χ2v) is 7.02. The number of aliphatic carboxylic acids is 1. The highest BCUT2D eigenvalue weighted by molar-refractivity contribution is 6.10. The van der Waals surface area contributed by atoms with Gasteiger partial charge in [-0.3, -0.25) is 9.59 Å². The third-order valence-electron chi connectivity index (χ3n) is 4.63. The number of carbonyl (C=O) groups is 2. The zero-order valence-corrected chi connectivity index (χ0v) is 16.2. The predicted molar refractivity (Wildman–Crippen MR) is 112 cm³/mol. The first-order valence-corrected chi connectivity index (χ1v) is 9.22. The predicted octanol–water partition coefficient (Wildman–Crippen LogP) is 4.39. The van der Waals surface area contributed by atoms with Crippen LogP contribution >= 0.6 is 0 Å². The largest absolute Gasteiger partial charge is 0.480 e. The number of anilines is 1. The monoisotopic (exact) mass is 387 g/mol. The van der Waals surface area contributed by atoms with Crippen molar-refractivity contribution in [3.05, 3.63) is 71.4 Å². The van der Waals surface area contributed by atoms with Gasteiger partial charge in [0, 0.05) is 28.4 Å². The number of fused-ring (bicyclic) bond motifs is 1. The van der Waals surface area contributed by atoms with Gasteiger partial charge in [-0.05, 0) is 35.8 Å². The second-order valence-electron chi connectivity index (χ2n) is 7.02. The summed E-state index contributed by atoms with van der Waals surface area (Å²) in [4.78, 5) is 23.7. The number of hydrogen-bond acceptors (Lipinski definition) is 3. The van der Waals surface area contributed by atoms with E-state index in [1.807, 2.05) is 36.4 Å². The molecule has 1 aromatic heterocycles. The number of nitriles is 1. The van der Waals surface area contributed by atoms with Crippen LogP contribution in [0.1, 0.15) is 30.9 Å². The minimum absolute atomic E-state index is 0.0591. The van der Waals surface area contributed by atoms with Crippen molar-refractivity contribution in [3.63, 3.8) is 0 Å². The van der Waals surface area contributed by atoms with Crippen LogP contribution in [0.3, 0.4) is 0 Å². The molecule has 0 radical (unpaired) electrons. The van der Waals surface area contributed by atoms with Gasteiger partial charge in [-0.1, -0.05) is 44.2 Å². The van der Waals surface area contributed by atoms with E-state index in [0.717, 1.165) is 16.5 Å². The van der Waals surface area contributed by atoms with Gasteiger partial charge in [-0.25, -0.2) is 0 Å².